The largest absolute Gasteiger partial charge is 0.494 e. The topological polar surface area (TPSA) is 77.2 Å². The fourth-order valence-electron chi connectivity index (χ4n) is 2.26. The van der Waals surface area contributed by atoms with Crippen LogP contribution in [0, 0.1) is 5.82 Å². The van der Waals surface area contributed by atoms with E-state index in [1.165, 1.54) is 12.1 Å². The number of hydrogen-bond acceptors (Lipinski definition) is 6. The van der Waals surface area contributed by atoms with Crippen molar-refractivity contribution in [3.05, 3.63) is 53.3 Å². The first-order valence-corrected chi connectivity index (χ1v) is 9.71. The van der Waals surface area contributed by atoms with Gasteiger partial charge in [-0.2, -0.15) is 0 Å². The molecule has 1 amide bonds. The Morgan fingerprint density at radius 3 is 2.71 bits per heavy atom. The summed E-state index contributed by atoms with van der Waals surface area (Å²) in [4.78, 5) is 12.3. The number of ether oxygens (including phenoxy) is 1. The van der Waals surface area contributed by atoms with Crippen molar-refractivity contribution >= 4 is 35.0 Å². The predicted octanol–water partition coefficient (Wildman–Crippen LogP) is 5.05. The van der Waals surface area contributed by atoms with Gasteiger partial charge in [0.1, 0.15) is 11.6 Å². The average molecular weight is 422 g/mol. The Hall–Kier alpha value is -2.58. The van der Waals surface area contributed by atoms with E-state index in [0.29, 0.717) is 18.2 Å². The molecule has 0 bridgehead atoms. The molecule has 0 saturated heterocycles. The second-order valence-corrected chi connectivity index (χ2v) is 7.40. The molecule has 1 N–H and O–H groups in total. The Labute approximate surface area is 170 Å². The molecule has 1 atom stereocenters. The number of rotatable bonds is 7. The summed E-state index contributed by atoms with van der Waals surface area (Å²) in [7, 11) is 0. The third-order valence-corrected chi connectivity index (χ3v) is 4.90. The van der Waals surface area contributed by atoms with Crippen LogP contribution in [0.5, 0.6) is 5.75 Å². The monoisotopic (exact) mass is 421 g/mol. The molecule has 0 radical (unpaired) electrons. The summed E-state index contributed by atoms with van der Waals surface area (Å²) in [5.41, 5.74) is 1.08. The minimum Gasteiger partial charge on any atom is -0.494 e. The number of carbonyl (C=O) groups excluding carboxylic acids is 1. The number of anilines is 1. The van der Waals surface area contributed by atoms with E-state index in [4.69, 9.17) is 20.8 Å². The van der Waals surface area contributed by atoms with E-state index in [1.807, 2.05) is 31.2 Å². The number of halogens is 2. The van der Waals surface area contributed by atoms with Crippen LogP contribution in [-0.2, 0) is 4.79 Å². The lowest BCUT2D eigenvalue weighted by Gasteiger charge is -2.11. The van der Waals surface area contributed by atoms with Gasteiger partial charge in [-0.25, -0.2) is 4.39 Å². The Morgan fingerprint density at radius 1 is 1.29 bits per heavy atom. The molecule has 1 heterocycles. The quantitative estimate of drug-likeness (QED) is 0.538. The number of nitrogens with one attached hydrogen (secondary N) is 1. The summed E-state index contributed by atoms with van der Waals surface area (Å²) in [6, 6.07) is 11.0. The fraction of sp³-hybridized carbons (Fsp3) is 0.211. The van der Waals surface area contributed by atoms with Crippen LogP contribution in [0.3, 0.4) is 0 Å². The van der Waals surface area contributed by atoms with Crippen LogP contribution in [-0.4, -0.2) is 28.0 Å². The second-order valence-electron chi connectivity index (χ2n) is 5.70. The summed E-state index contributed by atoms with van der Waals surface area (Å²) < 4.78 is 24.1. The van der Waals surface area contributed by atoms with E-state index in [0.717, 1.165) is 29.1 Å². The van der Waals surface area contributed by atoms with E-state index >= 15 is 0 Å². The van der Waals surface area contributed by atoms with E-state index in [9.17, 15) is 9.18 Å². The van der Waals surface area contributed by atoms with Gasteiger partial charge in [0.2, 0.25) is 11.8 Å². The smallest absolute Gasteiger partial charge is 0.277 e. The Bertz CT molecular complexity index is 965. The van der Waals surface area contributed by atoms with Gasteiger partial charge >= 0.3 is 0 Å². The molecule has 146 valence electrons. The summed E-state index contributed by atoms with van der Waals surface area (Å²) in [6.07, 6.45) is 0. The van der Waals surface area contributed by atoms with Gasteiger partial charge in [0.25, 0.3) is 5.22 Å². The zero-order chi connectivity index (χ0) is 20.1. The molecule has 1 aromatic heterocycles. The molecule has 0 saturated carbocycles. The first kappa shape index (κ1) is 20.2. The number of benzene rings is 2. The Balaban J connectivity index is 1.62. The zero-order valence-electron chi connectivity index (χ0n) is 15.1. The molecular weight excluding hydrogens is 405 g/mol. The van der Waals surface area contributed by atoms with Gasteiger partial charge in [-0.3, -0.25) is 4.79 Å². The van der Waals surface area contributed by atoms with Crippen LogP contribution in [0.15, 0.2) is 52.1 Å². The van der Waals surface area contributed by atoms with Crippen LogP contribution in [0.2, 0.25) is 5.02 Å². The van der Waals surface area contributed by atoms with Crippen molar-refractivity contribution in [1.82, 2.24) is 10.2 Å². The third-order valence-electron chi connectivity index (χ3n) is 3.65. The molecule has 0 unspecified atom stereocenters. The maximum atomic E-state index is 13.1. The van der Waals surface area contributed by atoms with Crippen LogP contribution in [0.4, 0.5) is 10.1 Å². The fourth-order valence-corrected chi connectivity index (χ4v) is 3.16. The highest BCUT2D eigenvalue weighted by Gasteiger charge is 2.20. The van der Waals surface area contributed by atoms with E-state index in [1.54, 1.807) is 6.92 Å². The molecule has 0 spiro atoms. The highest BCUT2D eigenvalue weighted by Crippen LogP contribution is 2.29. The SMILES string of the molecule is CCOc1ccc(-c2nnc(S[C@@H](C)C(=O)Nc3ccc(F)cc3Cl)o2)cc1. The van der Waals surface area contributed by atoms with Crippen molar-refractivity contribution in [2.75, 3.05) is 11.9 Å². The number of carbonyl (C=O) groups is 1. The number of hydrogen-bond donors (Lipinski definition) is 1. The molecule has 0 fully saturated rings. The molecule has 0 aliphatic carbocycles. The first-order chi connectivity index (χ1) is 13.5. The van der Waals surface area contributed by atoms with E-state index in [2.05, 4.69) is 15.5 Å². The minimum atomic E-state index is -0.533. The molecule has 2 aromatic carbocycles. The van der Waals surface area contributed by atoms with Crippen LogP contribution in [0.1, 0.15) is 13.8 Å². The van der Waals surface area contributed by atoms with Gasteiger partial charge in [0, 0.05) is 5.56 Å². The molecule has 6 nitrogen and oxygen atoms in total. The van der Waals surface area contributed by atoms with Gasteiger partial charge in [0.15, 0.2) is 0 Å². The summed E-state index contributed by atoms with van der Waals surface area (Å²) >= 11 is 7.04. The Kier molecular flexibility index (Phi) is 6.53. The first-order valence-electron chi connectivity index (χ1n) is 8.45. The van der Waals surface area contributed by atoms with E-state index < -0.39 is 11.1 Å². The van der Waals surface area contributed by atoms with Crippen molar-refractivity contribution in [1.29, 1.82) is 0 Å². The van der Waals surface area contributed by atoms with E-state index in [-0.39, 0.29) is 16.2 Å². The zero-order valence-corrected chi connectivity index (χ0v) is 16.7. The maximum absolute atomic E-state index is 13.1. The number of amides is 1. The summed E-state index contributed by atoms with van der Waals surface area (Å²) in [5, 5.41) is 10.5. The van der Waals surface area contributed by atoms with Gasteiger partial charge in [-0.1, -0.05) is 23.4 Å². The third kappa shape index (κ3) is 5.02. The standard InChI is InChI=1S/C19H17ClFN3O3S/c1-3-26-14-7-4-12(5-8-14)18-23-24-19(27-18)28-11(2)17(25)22-16-9-6-13(21)10-15(16)20/h4-11H,3H2,1-2H3,(H,22,25)/t11-/m0/s1. The lowest BCUT2D eigenvalue weighted by molar-refractivity contribution is -0.115. The molecule has 3 aromatic rings. The normalized spacial score (nSPS) is 11.9. The van der Waals surface area contributed by atoms with Crippen molar-refractivity contribution in [3.63, 3.8) is 0 Å². The van der Waals surface area contributed by atoms with Crippen LogP contribution >= 0.6 is 23.4 Å². The molecule has 0 aliphatic heterocycles. The van der Waals surface area contributed by atoms with Crippen molar-refractivity contribution in [3.8, 4) is 17.2 Å². The lowest BCUT2D eigenvalue weighted by atomic mass is 10.2. The molecular formula is C19H17ClFN3O3S. The number of thioether (sulfide) groups is 1. The van der Waals surface area contributed by atoms with Crippen molar-refractivity contribution < 1.29 is 18.3 Å². The average Bonchev–Trinajstić information content (AvgIpc) is 3.13. The second kappa shape index (κ2) is 9.07. The van der Waals surface area contributed by atoms with Gasteiger partial charge in [-0.15, -0.1) is 10.2 Å². The predicted molar refractivity (Wildman–Crippen MR) is 106 cm³/mol. The van der Waals surface area contributed by atoms with Crippen molar-refractivity contribution in [2.45, 2.75) is 24.3 Å². The van der Waals surface area contributed by atoms with Crippen LogP contribution < -0.4 is 10.1 Å². The van der Waals surface area contributed by atoms with Gasteiger partial charge in [0.05, 0.1) is 22.6 Å². The molecule has 0 aliphatic rings. The maximum Gasteiger partial charge on any atom is 0.277 e. The number of nitrogens with zero attached hydrogens (tertiary/aromatic N) is 2. The lowest BCUT2D eigenvalue weighted by Crippen LogP contribution is -2.22. The van der Waals surface area contributed by atoms with Gasteiger partial charge in [-0.05, 0) is 56.3 Å². The van der Waals surface area contributed by atoms with Crippen molar-refractivity contribution in [2.24, 2.45) is 0 Å². The van der Waals surface area contributed by atoms with Gasteiger partial charge < -0.3 is 14.5 Å². The minimum absolute atomic E-state index is 0.126. The highest BCUT2D eigenvalue weighted by atomic mass is 35.5. The van der Waals surface area contributed by atoms with Crippen LogP contribution in [0.25, 0.3) is 11.5 Å². The Morgan fingerprint density at radius 2 is 2.04 bits per heavy atom. The molecule has 3 rings (SSSR count). The molecule has 9 heteroatoms. The molecule has 28 heavy (non-hydrogen) atoms. The highest BCUT2D eigenvalue weighted by molar-refractivity contribution is 8.00. The summed E-state index contributed by atoms with van der Waals surface area (Å²) in [5.74, 6) is 0.308. The number of aromatic nitrogens is 2. The summed E-state index contributed by atoms with van der Waals surface area (Å²) in [6.45, 7) is 4.19.